The Kier molecular flexibility index (Phi) is 5.52. The number of thiophene rings is 1. The Morgan fingerprint density at radius 2 is 2.12 bits per heavy atom. The molecule has 1 heterocycles. The fraction of sp³-hybridized carbons (Fsp3) is 0.692. The van der Waals surface area contributed by atoms with E-state index >= 15 is 0 Å². The quantitative estimate of drug-likeness (QED) is 0.710. The van der Waals surface area contributed by atoms with E-state index in [-0.39, 0.29) is 0 Å². The molecule has 0 spiro atoms. The zero-order valence-corrected chi connectivity index (χ0v) is 14.1. The van der Waals surface area contributed by atoms with Gasteiger partial charge in [-0.3, -0.25) is 0 Å². The molecule has 1 aromatic heterocycles. The third-order valence-electron chi connectivity index (χ3n) is 3.69. The normalized spacial score (nSPS) is 18.8. The molecule has 1 fully saturated rings. The number of rotatable bonds is 5. The van der Waals surface area contributed by atoms with Gasteiger partial charge in [0, 0.05) is 15.4 Å². The first-order valence-corrected chi connectivity index (χ1v) is 8.73. The smallest absolute Gasteiger partial charge is 0.0843 e. The highest BCUT2D eigenvalue weighted by Crippen LogP contribution is 2.38. The molecule has 0 aliphatic heterocycles. The van der Waals surface area contributed by atoms with Crippen molar-refractivity contribution >= 4 is 43.2 Å². The minimum absolute atomic E-state index is 0.517. The lowest BCUT2D eigenvalue weighted by Gasteiger charge is -2.16. The second-order valence-electron chi connectivity index (χ2n) is 4.84. The van der Waals surface area contributed by atoms with Gasteiger partial charge in [0.1, 0.15) is 0 Å². The molecular weight excluding hydrogens is 362 g/mol. The summed E-state index contributed by atoms with van der Waals surface area (Å²) in [6.07, 6.45) is 8.44. The first-order chi connectivity index (χ1) is 8.20. The Hall–Kier alpha value is 0.620. The van der Waals surface area contributed by atoms with Crippen molar-refractivity contribution in [2.75, 3.05) is 7.05 Å². The Balaban J connectivity index is 1.91. The van der Waals surface area contributed by atoms with Gasteiger partial charge in [-0.15, -0.1) is 11.3 Å². The van der Waals surface area contributed by atoms with Crippen molar-refractivity contribution in [3.05, 3.63) is 19.2 Å². The maximum absolute atomic E-state index is 3.57. The standard InChI is InChI=1S/C13H19Br2NS/c1-16-11(7-6-9-4-2-3-5-9)12-8-10(14)13(15)17-12/h8-9,11,16H,2-7H2,1H3. The molecule has 1 saturated carbocycles. The van der Waals surface area contributed by atoms with Gasteiger partial charge in [0.15, 0.2) is 0 Å². The minimum atomic E-state index is 0.517. The lowest BCUT2D eigenvalue weighted by Crippen LogP contribution is -2.16. The van der Waals surface area contributed by atoms with Crippen LogP contribution in [0.4, 0.5) is 0 Å². The number of halogens is 2. The van der Waals surface area contributed by atoms with Gasteiger partial charge < -0.3 is 5.32 Å². The van der Waals surface area contributed by atoms with E-state index < -0.39 is 0 Å². The fourth-order valence-corrected chi connectivity index (χ4v) is 4.90. The van der Waals surface area contributed by atoms with Crippen molar-refractivity contribution in [3.63, 3.8) is 0 Å². The van der Waals surface area contributed by atoms with Crippen LogP contribution in [0.1, 0.15) is 49.4 Å². The molecule has 0 saturated heterocycles. The molecule has 1 nitrogen and oxygen atoms in total. The largest absolute Gasteiger partial charge is 0.312 e. The summed E-state index contributed by atoms with van der Waals surface area (Å²) in [5, 5.41) is 3.45. The summed E-state index contributed by atoms with van der Waals surface area (Å²) >= 11 is 8.98. The minimum Gasteiger partial charge on any atom is -0.312 e. The third kappa shape index (κ3) is 3.79. The summed E-state index contributed by atoms with van der Waals surface area (Å²) in [6.45, 7) is 0. The lowest BCUT2D eigenvalue weighted by molar-refractivity contribution is 0.430. The molecule has 96 valence electrons. The monoisotopic (exact) mass is 379 g/mol. The summed E-state index contributed by atoms with van der Waals surface area (Å²) in [5.74, 6) is 0.984. The van der Waals surface area contributed by atoms with Gasteiger partial charge in [0.2, 0.25) is 0 Å². The van der Waals surface area contributed by atoms with E-state index in [0.717, 1.165) is 5.92 Å². The molecule has 0 radical (unpaired) electrons. The molecule has 0 bridgehead atoms. The van der Waals surface area contributed by atoms with Crippen LogP contribution in [-0.4, -0.2) is 7.05 Å². The van der Waals surface area contributed by atoms with E-state index in [1.807, 2.05) is 11.3 Å². The zero-order valence-electron chi connectivity index (χ0n) is 10.1. The van der Waals surface area contributed by atoms with E-state index in [2.05, 4.69) is 50.3 Å². The molecule has 1 aliphatic carbocycles. The van der Waals surface area contributed by atoms with Crippen LogP contribution in [0.25, 0.3) is 0 Å². The molecule has 1 aliphatic rings. The van der Waals surface area contributed by atoms with Crippen LogP contribution in [0.3, 0.4) is 0 Å². The highest BCUT2D eigenvalue weighted by atomic mass is 79.9. The van der Waals surface area contributed by atoms with Gasteiger partial charge >= 0.3 is 0 Å². The molecular formula is C13H19Br2NS. The summed E-state index contributed by atoms with van der Waals surface area (Å²) < 4.78 is 2.38. The second kappa shape index (κ2) is 6.69. The first-order valence-electron chi connectivity index (χ1n) is 6.32. The molecule has 0 aromatic carbocycles. The number of hydrogen-bond acceptors (Lipinski definition) is 2. The van der Waals surface area contributed by atoms with Crippen LogP contribution in [0.15, 0.2) is 14.3 Å². The first kappa shape index (κ1) is 14.0. The van der Waals surface area contributed by atoms with Crippen LogP contribution >= 0.6 is 43.2 Å². The van der Waals surface area contributed by atoms with Gasteiger partial charge in [-0.2, -0.15) is 0 Å². The van der Waals surface area contributed by atoms with Crippen LogP contribution in [0.5, 0.6) is 0 Å². The van der Waals surface area contributed by atoms with Crippen molar-refractivity contribution in [1.29, 1.82) is 0 Å². The van der Waals surface area contributed by atoms with Crippen molar-refractivity contribution in [2.45, 2.75) is 44.6 Å². The van der Waals surface area contributed by atoms with Crippen LogP contribution < -0.4 is 5.32 Å². The van der Waals surface area contributed by atoms with E-state index in [9.17, 15) is 0 Å². The average molecular weight is 381 g/mol. The van der Waals surface area contributed by atoms with Gasteiger partial charge in [0.05, 0.1) is 3.79 Å². The molecule has 1 N–H and O–H groups in total. The Bertz CT molecular complexity index is 339. The zero-order chi connectivity index (χ0) is 12.3. The molecule has 1 unspecified atom stereocenters. The number of hydrogen-bond donors (Lipinski definition) is 1. The summed E-state index contributed by atoms with van der Waals surface area (Å²) in [7, 11) is 2.07. The van der Waals surface area contributed by atoms with E-state index in [1.54, 1.807) is 0 Å². The predicted molar refractivity (Wildman–Crippen MR) is 82.7 cm³/mol. The van der Waals surface area contributed by atoms with Gasteiger partial charge in [-0.25, -0.2) is 0 Å². The predicted octanol–water partition coefficient (Wildman–Crippen LogP) is 5.50. The van der Waals surface area contributed by atoms with Gasteiger partial charge in [-0.1, -0.05) is 25.7 Å². The highest BCUT2D eigenvalue weighted by molar-refractivity contribution is 9.13. The molecule has 0 amide bonds. The Morgan fingerprint density at radius 1 is 1.41 bits per heavy atom. The van der Waals surface area contributed by atoms with Crippen LogP contribution in [0, 0.1) is 5.92 Å². The van der Waals surface area contributed by atoms with Gasteiger partial charge in [0.25, 0.3) is 0 Å². The lowest BCUT2D eigenvalue weighted by atomic mass is 9.98. The van der Waals surface area contributed by atoms with Gasteiger partial charge in [-0.05, 0) is 63.7 Å². The maximum Gasteiger partial charge on any atom is 0.0843 e. The van der Waals surface area contributed by atoms with Crippen molar-refractivity contribution in [1.82, 2.24) is 5.32 Å². The molecule has 2 rings (SSSR count). The van der Waals surface area contributed by atoms with Crippen LogP contribution in [0.2, 0.25) is 0 Å². The third-order valence-corrected chi connectivity index (χ3v) is 7.06. The Morgan fingerprint density at radius 3 is 2.65 bits per heavy atom. The maximum atomic E-state index is 3.57. The Labute approximate surface area is 125 Å². The summed E-state index contributed by atoms with van der Waals surface area (Å²) in [6, 6.07) is 2.76. The highest BCUT2D eigenvalue weighted by Gasteiger charge is 2.19. The average Bonchev–Trinajstić information content (AvgIpc) is 2.91. The van der Waals surface area contributed by atoms with Crippen molar-refractivity contribution in [3.8, 4) is 0 Å². The SMILES string of the molecule is CNC(CCC1CCCC1)c1cc(Br)c(Br)s1. The molecule has 1 aromatic rings. The van der Waals surface area contributed by atoms with Crippen molar-refractivity contribution in [2.24, 2.45) is 5.92 Å². The summed E-state index contributed by atoms with van der Waals surface area (Å²) in [4.78, 5) is 1.43. The fourth-order valence-electron chi connectivity index (χ4n) is 2.67. The molecule has 17 heavy (non-hydrogen) atoms. The van der Waals surface area contributed by atoms with Crippen molar-refractivity contribution < 1.29 is 0 Å². The van der Waals surface area contributed by atoms with E-state index in [0.29, 0.717) is 6.04 Å². The van der Waals surface area contributed by atoms with Crippen LogP contribution in [-0.2, 0) is 0 Å². The second-order valence-corrected chi connectivity index (χ2v) is 8.10. The molecule has 1 atom stereocenters. The van der Waals surface area contributed by atoms with E-state index in [1.165, 1.54) is 51.7 Å². The topological polar surface area (TPSA) is 12.0 Å². The summed E-state index contributed by atoms with van der Waals surface area (Å²) in [5.41, 5.74) is 0. The molecule has 4 heteroatoms. The number of nitrogens with one attached hydrogen (secondary N) is 1. The van der Waals surface area contributed by atoms with E-state index in [4.69, 9.17) is 0 Å².